The summed E-state index contributed by atoms with van der Waals surface area (Å²) in [6.45, 7) is 0. The molecule has 0 heterocycles. The topological polar surface area (TPSA) is 47.6 Å². The summed E-state index contributed by atoms with van der Waals surface area (Å²) in [4.78, 5) is 0. The molecule has 0 amide bonds. The van der Waals surface area contributed by atoms with Crippen molar-refractivity contribution >= 4 is 55.4 Å². The Labute approximate surface area is 290 Å². The molecule has 0 aliphatic rings. The summed E-state index contributed by atoms with van der Waals surface area (Å²) in [7, 11) is 0. The SMILES string of the molecule is N#CC#CC#N.[Pt].c1ccc([As](c2ccccc2)c2ccccc2)cc1.c1ccc([As](c2ccccc2)c2ccccc2)cc1. The van der Waals surface area contributed by atoms with Crippen LogP contribution in [0.3, 0.4) is 0 Å². The van der Waals surface area contributed by atoms with Crippen molar-refractivity contribution in [2.75, 3.05) is 0 Å². The summed E-state index contributed by atoms with van der Waals surface area (Å²) in [6, 6.07) is 68.4. The first-order chi connectivity index (χ1) is 21.8. The molecule has 0 saturated heterocycles. The van der Waals surface area contributed by atoms with Crippen LogP contribution in [0.25, 0.3) is 0 Å². The quantitative estimate of drug-likeness (QED) is 0.184. The average molecular weight is 884 g/mol. The van der Waals surface area contributed by atoms with E-state index in [1.807, 2.05) is 11.8 Å². The number of hydrogen-bond acceptors (Lipinski definition) is 2. The van der Waals surface area contributed by atoms with Gasteiger partial charge in [-0.1, -0.05) is 0 Å². The molecule has 0 N–H and O–H groups in total. The van der Waals surface area contributed by atoms with Crippen molar-refractivity contribution in [2.45, 2.75) is 0 Å². The molecule has 6 aromatic rings. The van der Waals surface area contributed by atoms with Crippen LogP contribution in [0, 0.1) is 34.5 Å². The zero-order valence-electron chi connectivity index (χ0n) is 24.4. The van der Waals surface area contributed by atoms with Gasteiger partial charge in [-0.15, -0.1) is 0 Å². The van der Waals surface area contributed by atoms with Gasteiger partial charge in [-0.3, -0.25) is 0 Å². The number of rotatable bonds is 6. The van der Waals surface area contributed by atoms with E-state index in [0.717, 1.165) is 0 Å². The van der Waals surface area contributed by atoms with E-state index in [-0.39, 0.29) is 21.1 Å². The molecule has 5 heteroatoms. The van der Waals surface area contributed by atoms with Gasteiger partial charge in [0.05, 0.1) is 0 Å². The molecule has 0 aliphatic carbocycles. The Morgan fingerprint density at radius 3 is 0.578 bits per heavy atom. The van der Waals surface area contributed by atoms with E-state index in [1.165, 1.54) is 38.2 Å². The Bertz CT molecular complexity index is 1490. The van der Waals surface area contributed by atoms with Crippen LogP contribution in [-0.2, 0) is 21.1 Å². The molecule has 2 nitrogen and oxygen atoms in total. The van der Waals surface area contributed by atoms with Crippen LogP contribution in [0.5, 0.6) is 0 Å². The van der Waals surface area contributed by atoms with E-state index in [1.54, 1.807) is 0 Å². The van der Waals surface area contributed by atoms with Crippen LogP contribution in [-0.4, -0.2) is 29.3 Å². The fraction of sp³-hybridized carbons (Fsp3) is 0. The molecule has 6 rings (SSSR count). The molecular formula is C40H30As2N2Pt. The molecule has 45 heavy (non-hydrogen) atoms. The standard InChI is InChI=1S/2C18H15As.C4N2.Pt/c2*1-4-10-16(11-5-1)19(17-12-6-2-7-13-17)18-14-8-3-9-15-18;5-3-1-2-4-6;/h2*1-15H;;. The third-order valence-corrected chi connectivity index (χ3v) is 16.5. The molecule has 0 spiro atoms. The average Bonchev–Trinajstić information content (AvgIpc) is 3.11. The van der Waals surface area contributed by atoms with Gasteiger partial charge in [-0.25, -0.2) is 0 Å². The molecule has 0 radical (unpaired) electrons. The van der Waals surface area contributed by atoms with E-state index in [4.69, 9.17) is 10.5 Å². The number of hydrogen-bond donors (Lipinski definition) is 0. The van der Waals surface area contributed by atoms with Gasteiger partial charge >= 0.3 is 237 Å². The van der Waals surface area contributed by atoms with Crippen LogP contribution >= 0.6 is 0 Å². The first-order valence-electron chi connectivity index (χ1n) is 14.0. The minimum atomic E-state index is -1.39. The minimum absolute atomic E-state index is 0. The van der Waals surface area contributed by atoms with Gasteiger partial charge < -0.3 is 0 Å². The normalized spacial score (nSPS) is 9.33. The summed E-state index contributed by atoms with van der Waals surface area (Å²) >= 11 is -2.78. The summed E-state index contributed by atoms with van der Waals surface area (Å²) in [5, 5.41) is 15.2. The summed E-state index contributed by atoms with van der Waals surface area (Å²) in [5.74, 6) is 3.78. The molecule has 0 aromatic heterocycles. The molecule has 0 bridgehead atoms. The van der Waals surface area contributed by atoms with Gasteiger partial charge in [0.15, 0.2) is 12.1 Å². The zero-order chi connectivity index (χ0) is 30.7. The van der Waals surface area contributed by atoms with E-state index in [0.29, 0.717) is 0 Å². The van der Waals surface area contributed by atoms with Gasteiger partial charge in [-0.05, 0) is 0 Å². The van der Waals surface area contributed by atoms with Crippen LogP contribution in [0.1, 0.15) is 0 Å². The van der Waals surface area contributed by atoms with Gasteiger partial charge in [0.1, 0.15) is 0 Å². The van der Waals surface area contributed by atoms with Crippen molar-refractivity contribution in [1.82, 2.24) is 0 Å². The van der Waals surface area contributed by atoms with Gasteiger partial charge in [0.2, 0.25) is 0 Å². The Kier molecular flexibility index (Phi) is 16.1. The molecule has 0 unspecified atom stereocenters. The van der Waals surface area contributed by atoms with Gasteiger partial charge in [-0.2, -0.15) is 10.5 Å². The predicted molar refractivity (Wildman–Crippen MR) is 187 cm³/mol. The first kappa shape index (κ1) is 35.1. The van der Waals surface area contributed by atoms with E-state index in [9.17, 15) is 0 Å². The number of nitrogens with zero attached hydrogens (tertiary/aromatic N) is 2. The molecule has 0 aliphatic heterocycles. The number of nitriles is 2. The van der Waals surface area contributed by atoms with Gasteiger partial charge in [0.25, 0.3) is 0 Å². The zero-order valence-corrected chi connectivity index (χ0v) is 30.5. The van der Waals surface area contributed by atoms with E-state index < -0.39 is 29.3 Å². The third kappa shape index (κ3) is 11.3. The summed E-state index contributed by atoms with van der Waals surface area (Å²) in [5.41, 5.74) is 0. The van der Waals surface area contributed by atoms with Crippen molar-refractivity contribution < 1.29 is 21.1 Å². The van der Waals surface area contributed by atoms with Crippen LogP contribution < -0.4 is 26.1 Å². The summed E-state index contributed by atoms with van der Waals surface area (Å²) < 4.78 is 8.87. The van der Waals surface area contributed by atoms with E-state index >= 15 is 0 Å². The Morgan fingerprint density at radius 2 is 0.444 bits per heavy atom. The molecular weight excluding hydrogens is 853 g/mol. The molecule has 220 valence electrons. The Hall–Kier alpha value is -4.33. The Morgan fingerprint density at radius 1 is 0.289 bits per heavy atom. The van der Waals surface area contributed by atoms with E-state index in [2.05, 4.69) is 182 Å². The predicted octanol–water partition coefficient (Wildman–Crippen LogP) is 4.44. The van der Waals surface area contributed by atoms with Crippen LogP contribution in [0.2, 0.25) is 0 Å². The molecule has 0 saturated carbocycles. The van der Waals surface area contributed by atoms with Crippen LogP contribution in [0.4, 0.5) is 0 Å². The maximum absolute atomic E-state index is 7.62. The number of benzene rings is 6. The van der Waals surface area contributed by atoms with Crippen molar-refractivity contribution in [3.63, 3.8) is 0 Å². The fourth-order valence-corrected chi connectivity index (χ4v) is 14.1. The maximum atomic E-state index is 7.62. The molecule has 0 fully saturated rings. The first-order valence-corrected chi connectivity index (χ1v) is 19.6. The van der Waals surface area contributed by atoms with Crippen molar-refractivity contribution in [1.29, 1.82) is 10.5 Å². The second kappa shape index (κ2) is 20.6. The summed E-state index contributed by atoms with van der Waals surface area (Å²) in [6.07, 6.45) is 0. The van der Waals surface area contributed by atoms with Crippen molar-refractivity contribution in [2.24, 2.45) is 0 Å². The van der Waals surface area contributed by atoms with Crippen LogP contribution in [0.15, 0.2) is 182 Å². The monoisotopic (exact) mass is 883 g/mol. The third-order valence-electron chi connectivity index (χ3n) is 6.26. The van der Waals surface area contributed by atoms with Crippen molar-refractivity contribution in [3.05, 3.63) is 182 Å². The Balaban J connectivity index is 0.000000205. The van der Waals surface area contributed by atoms with Crippen molar-refractivity contribution in [3.8, 4) is 24.0 Å². The fourth-order valence-electron chi connectivity index (χ4n) is 4.41. The molecule has 0 atom stereocenters. The second-order valence-corrected chi connectivity index (χ2v) is 18.5. The second-order valence-electron chi connectivity index (χ2n) is 9.16. The molecule has 6 aromatic carbocycles. The van der Waals surface area contributed by atoms with Gasteiger partial charge in [0, 0.05) is 32.9 Å².